The van der Waals surface area contributed by atoms with Crippen molar-refractivity contribution >= 4 is 34.7 Å². The first-order valence-electron chi connectivity index (χ1n) is 5.18. The van der Waals surface area contributed by atoms with Crippen molar-refractivity contribution < 1.29 is 9.90 Å². The summed E-state index contributed by atoms with van der Waals surface area (Å²) in [4.78, 5) is 14.7. The highest BCUT2D eigenvalue weighted by atomic mass is 35.5. The summed E-state index contributed by atoms with van der Waals surface area (Å²) in [7, 11) is 0. The van der Waals surface area contributed by atoms with Crippen molar-refractivity contribution in [1.82, 2.24) is 24.8 Å². The molecular formula is C10H6ClN6O2-. The van der Waals surface area contributed by atoms with Gasteiger partial charge in [0, 0.05) is 12.3 Å². The number of carbonyl (C=O) groups is 1. The molecule has 3 rings (SSSR count). The number of aromatic carboxylic acids is 1. The third-order valence-corrected chi connectivity index (χ3v) is 2.57. The van der Waals surface area contributed by atoms with E-state index in [9.17, 15) is 9.90 Å². The summed E-state index contributed by atoms with van der Waals surface area (Å²) < 4.78 is 1.55. The normalized spacial score (nSPS) is 10.8. The van der Waals surface area contributed by atoms with Crippen molar-refractivity contribution in [2.75, 3.05) is 5.32 Å². The summed E-state index contributed by atoms with van der Waals surface area (Å²) in [6, 6.07) is 4.86. The van der Waals surface area contributed by atoms with Crippen LogP contribution in [-0.2, 0) is 0 Å². The Morgan fingerprint density at radius 2 is 2.37 bits per heavy atom. The van der Waals surface area contributed by atoms with E-state index >= 15 is 0 Å². The van der Waals surface area contributed by atoms with Crippen molar-refractivity contribution in [3.8, 4) is 0 Å². The predicted octanol–water partition coefficient (Wildman–Crippen LogP) is 0.213. The maximum absolute atomic E-state index is 10.6. The van der Waals surface area contributed by atoms with E-state index in [1.807, 2.05) is 0 Å². The van der Waals surface area contributed by atoms with Crippen LogP contribution in [-0.4, -0.2) is 30.8 Å². The molecule has 2 N–H and O–H groups in total. The van der Waals surface area contributed by atoms with Crippen LogP contribution in [0.25, 0.3) is 5.52 Å². The molecule has 0 aliphatic rings. The highest BCUT2D eigenvalue weighted by Gasteiger charge is 2.09. The van der Waals surface area contributed by atoms with E-state index in [1.165, 1.54) is 6.07 Å². The van der Waals surface area contributed by atoms with Crippen molar-refractivity contribution in [2.24, 2.45) is 0 Å². The van der Waals surface area contributed by atoms with E-state index < -0.39 is 5.97 Å². The molecule has 3 aromatic heterocycles. The van der Waals surface area contributed by atoms with Gasteiger partial charge < -0.3 is 15.2 Å². The molecule has 0 radical (unpaired) electrons. The highest BCUT2D eigenvalue weighted by molar-refractivity contribution is 6.28. The number of rotatable bonds is 3. The molecule has 9 heteroatoms. The SMILES string of the molecule is O=C([O-])c1cc(Nc2nc(Cl)nn3cccc23)n[nH]1. The van der Waals surface area contributed by atoms with E-state index in [0.29, 0.717) is 11.3 Å². The lowest BCUT2D eigenvalue weighted by atomic mass is 10.4. The summed E-state index contributed by atoms with van der Waals surface area (Å²) >= 11 is 5.79. The Balaban J connectivity index is 2.00. The second-order valence-corrected chi connectivity index (χ2v) is 3.98. The number of aromatic amines is 1. The number of nitrogens with zero attached hydrogens (tertiary/aromatic N) is 4. The standard InChI is InChI=1S/C10H7ClN6O2/c11-10-13-8(6-2-1-3-17(6)16-10)12-7-4-5(9(18)19)14-15-7/h1-4H,(H,18,19)(H2,12,13,14,15,16)/p-1. The molecule has 0 amide bonds. The largest absolute Gasteiger partial charge is 0.543 e. The van der Waals surface area contributed by atoms with Crippen molar-refractivity contribution in [2.45, 2.75) is 0 Å². The molecule has 0 atom stereocenters. The molecule has 0 saturated carbocycles. The Kier molecular flexibility index (Phi) is 2.57. The summed E-state index contributed by atoms with van der Waals surface area (Å²) in [5, 5.41) is 23.6. The number of carboxylic acid groups (broad SMARTS) is 1. The van der Waals surface area contributed by atoms with E-state index in [0.717, 1.165) is 0 Å². The third kappa shape index (κ3) is 2.08. The number of carbonyl (C=O) groups excluding carboxylic acids is 1. The first-order chi connectivity index (χ1) is 9.13. The molecule has 0 saturated heterocycles. The minimum Gasteiger partial charge on any atom is -0.543 e. The van der Waals surface area contributed by atoms with Gasteiger partial charge in [0.25, 0.3) is 0 Å². The molecule has 0 aliphatic carbocycles. The topological polar surface area (TPSA) is 111 Å². The number of anilines is 2. The van der Waals surface area contributed by atoms with Crippen molar-refractivity contribution in [3.63, 3.8) is 0 Å². The van der Waals surface area contributed by atoms with Crippen LogP contribution in [0.2, 0.25) is 5.28 Å². The smallest absolute Gasteiger partial charge is 0.243 e. The number of nitrogens with one attached hydrogen (secondary N) is 2. The van der Waals surface area contributed by atoms with Gasteiger partial charge in [-0.25, -0.2) is 4.52 Å². The molecule has 3 aromatic rings. The summed E-state index contributed by atoms with van der Waals surface area (Å²) in [6.07, 6.45) is 1.71. The van der Waals surface area contributed by atoms with E-state index in [2.05, 4.69) is 25.6 Å². The zero-order valence-corrected chi connectivity index (χ0v) is 10.0. The number of hydrogen-bond donors (Lipinski definition) is 2. The minimum absolute atomic E-state index is 0.0573. The lowest BCUT2D eigenvalue weighted by Gasteiger charge is -2.04. The van der Waals surface area contributed by atoms with Gasteiger partial charge in [-0.05, 0) is 23.7 Å². The maximum atomic E-state index is 10.6. The van der Waals surface area contributed by atoms with Gasteiger partial charge in [-0.2, -0.15) is 10.1 Å². The van der Waals surface area contributed by atoms with Gasteiger partial charge in [0.1, 0.15) is 5.52 Å². The highest BCUT2D eigenvalue weighted by Crippen LogP contribution is 2.20. The van der Waals surface area contributed by atoms with Crippen LogP contribution >= 0.6 is 11.6 Å². The molecule has 0 bridgehead atoms. The molecule has 3 heterocycles. The van der Waals surface area contributed by atoms with E-state index in [1.54, 1.807) is 22.8 Å². The average molecular weight is 278 g/mol. The van der Waals surface area contributed by atoms with Crippen LogP contribution < -0.4 is 10.4 Å². The second kappa shape index (κ2) is 4.25. The zero-order valence-electron chi connectivity index (χ0n) is 9.29. The van der Waals surface area contributed by atoms with E-state index in [-0.39, 0.29) is 16.8 Å². The Hall–Kier alpha value is -2.61. The van der Waals surface area contributed by atoms with Gasteiger partial charge >= 0.3 is 0 Å². The maximum Gasteiger partial charge on any atom is 0.243 e. The van der Waals surface area contributed by atoms with Crippen LogP contribution in [0.15, 0.2) is 24.4 Å². The van der Waals surface area contributed by atoms with Crippen LogP contribution in [0.1, 0.15) is 10.5 Å². The molecule has 0 aliphatic heterocycles. The van der Waals surface area contributed by atoms with E-state index in [4.69, 9.17) is 11.6 Å². The fourth-order valence-corrected chi connectivity index (χ4v) is 1.78. The summed E-state index contributed by atoms with van der Waals surface area (Å²) in [5.41, 5.74) is 0.552. The fraction of sp³-hybridized carbons (Fsp3) is 0. The molecule has 8 nitrogen and oxygen atoms in total. The molecule has 0 spiro atoms. The summed E-state index contributed by atoms with van der Waals surface area (Å²) in [6.45, 7) is 0. The number of fused-ring (bicyclic) bond motifs is 1. The number of hydrogen-bond acceptors (Lipinski definition) is 6. The van der Waals surface area contributed by atoms with Gasteiger partial charge in [0.15, 0.2) is 11.6 Å². The van der Waals surface area contributed by atoms with Gasteiger partial charge in [-0.15, -0.1) is 5.10 Å². The van der Waals surface area contributed by atoms with Crippen LogP contribution in [0.5, 0.6) is 0 Å². The predicted molar refractivity (Wildman–Crippen MR) is 64.2 cm³/mol. The van der Waals surface area contributed by atoms with Gasteiger partial charge in [0.05, 0.1) is 11.7 Å². The van der Waals surface area contributed by atoms with Crippen LogP contribution in [0.4, 0.5) is 11.6 Å². The number of halogens is 1. The van der Waals surface area contributed by atoms with Gasteiger partial charge in [-0.1, -0.05) is 0 Å². The Labute approximate surface area is 111 Å². The lowest BCUT2D eigenvalue weighted by molar-refractivity contribution is -0.255. The minimum atomic E-state index is -1.34. The summed E-state index contributed by atoms with van der Waals surface area (Å²) in [5.74, 6) is -0.632. The average Bonchev–Trinajstić information content (AvgIpc) is 2.96. The molecular weight excluding hydrogens is 272 g/mol. The lowest BCUT2D eigenvalue weighted by Crippen LogP contribution is -2.22. The zero-order chi connectivity index (χ0) is 13.4. The second-order valence-electron chi connectivity index (χ2n) is 3.65. The van der Waals surface area contributed by atoms with Crippen molar-refractivity contribution in [3.05, 3.63) is 35.4 Å². The van der Waals surface area contributed by atoms with Gasteiger partial charge in [0.2, 0.25) is 5.28 Å². The molecule has 96 valence electrons. The quantitative estimate of drug-likeness (QED) is 0.708. The first kappa shape index (κ1) is 11.5. The molecule has 0 fully saturated rings. The number of aromatic nitrogens is 5. The van der Waals surface area contributed by atoms with Crippen LogP contribution in [0, 0.1) is 0 Å². The molecule has 19 heavy (non-hydrogen) atoms. The Morgan fingerprint density at radius 1 is 1.53 bits per heavy atom. The fourth-order valence-electron chi connectivity index (χ4n) is 1.61. The third-order valence-electron chi connectivity index (χ3n) is 2.41. The Bertz CT molecular complexity index is 764. The Morgan fingerprint density at radius 3 is 3.11 bits per heavy atom. The van der Waals surface area contributed by atoms with Crippen molar-refractivity contribution in [1.29, 1.82) is 0 Å². The number of carboxylic acids is 1. The molecule has 0 unspecified atom stereocenters. The first-order valence-corrected chi connectivity index (χ1v) is 5.56. The molecule has 0 aromatic carbocycles. The van der Waals surface area contributed by atoms with Crippen LogP contribution in [0.3, 0.4) is 0 Å². The van der Waals surface area contributed by atoms with Gasteiger partial charge in [-0.3, -0.25) is 5.10 Å². The monoisotopic (exact) mass is 277 g/mol. The number of H-pyrrole nitrogens is 1.